The van der Waals surface area contributed by atoms with Gasteiger partial charge in [-0.15, -0.1) is 0 Å². The molecule has 0 bridgehead atoms. The minimum atomic E-state index is 0. The van der Waals surface area contributed by atoms with Gasteiger partial charge in [0.05, 0.1) is 0 Å². The molecule has 2 radical (unpaired) electrons. The molecule has 9 heteroatoms. The van der Waals surface area contributed by atoms with E-state index in [2.05, 4.69) is 0 Å². The van der Waals surface area contributed by atoms with Crippen LogP contribution in [0.2, 0.25) is 0 Å². The zero-order valence-corrected chi connectivity index (χ0v) is 13.7. The van der Waals surface area contributed by atoms with E-state index in [1.165, 1.54) is 0 Å². The Morgan fingerprint density at radius 3 is 0.444 bits per heavy atom. The van der Waals surface area contributed by atoms with Crippen LogP contribution in [-0.4, -0.2) is 97.8 Å². The molecule has 0 aromatic heterocycles. The largest absolute Gasteiger partial charge is 3.00 e. The predicted octanol–water partition coefficient (Wildman–Crippen LogP) is -2.19. The minimum Gasteiger partial charge on any atom is -2.00 e. The van der Waals surface area contributed by atoms with Gasteiger partial charge in [0, 0.05) is 83.5 Å². The van der Waals surface area contributed by atoms with Crippen LogP contribution in [0, 0.1) is 163 Å². The Morgan fingerprint density at radius 2 is 0.444 bits per heavy atom. The second kappa shape index (κ2) is 55.1. The number of hydrogen-bond donors (Lipinski definition) is 0. The Hall–Kier alpha value is 8.43. The van der Waals surface area contributed by atoms with Gasteiger partial charge in [0.15, 0.2) is 0 Å². The van der Waals surface area contributed by atoms with Gasteiger partial charge in [0.1, 0.15) is 0 Å². The molecule has 0 amide bonds. The van der Waals surface area contributed by atoms with Gasteiger partial charge in [-0.2, -0.15) is 0 Å². The molecule has 0 saturated carbocycles. The second-order valence-corrected chi connectivity index (χ2v) is 0. The first-order chi connectivity index (χ1) is 0. The molecule has 0 aromatic rings. The molecule has 0 fully saturated rings. The van der Waals surface area contributed by atoms with Crippen molar-refractivity contribution in [3.05, 3.63) is 0 Å². The van der Waals surface area contributed by atoms with Crippen LogP contribution in [0.1, 0.15) is 0 Å². The van der Waals surface area contributed by atoms with Crippen molar-refractivity contribution in [1.82, 2.24) is 0 Å². The van der Waals surface area contributed by atoms with Crippen LogP contribution in [0.25, 0.3) is 0 Å². The van der Waals surface area contributed by atoms with Crippen LogP contribution < -0.4 is 0 Å². The average molecular weight is 921 g/mol. The van der Waals surface area contributed by atoms with Crippen molar-refractivity contribution in [1.29, 1.82) is 0 Å². The molecule has 0 spiro atoms. The fourth-order valence-electron chi connectivity index (χ4n) is 0. The molecule has 9 heavy (non-hydrogen) atoms. The van der Waals surface area contributed by atoms with Crippen molar-refractivity contribution in [3.63, 3.8) is 0 Å². The van der Waals surface area contributed by atoms with E-state index in [4.69, 9.17) is 0 Å². The first kappa shape index (κ1) is 66.2. The third-order valence-electron chi connectivity index (χ3n) is 0. The van der Waals surface area contributed by atoms with Crippen LogP contribution in [-0.2, 0) is 16.4 Å². The van der Waals surface area contributed by atoms with E-state index in [9.17, 15) is 0 Å². The molecule has 0 atom stereocenters. The molecular weight excluding hydrogens is 917 g/mol. The van der Waals surface area contributed by atoms with Crippen LogP contribution >= 0.6 is 0 Å². The number of hydrogen-bond acceptors (Lipinski definition) is 0. The van der Waals surface area contributed by atoms with Crippen molar-refractivity contribution < 1.29 is 180 Å². The summed E-state index contributed by atoms with van der Waals surface area (Å²) in [5, 5.41) is 0. The van der Waals surface area contributed by atoms with Crippen molar-refractivity contribution >= 4 is 97.8 Å². The Labute approximate surface area is 267 Å². The molecule has 0 N–H and O–H groups in total. The molecule has 0 aliphatic carbocycles. The van der Waals surface area contributed by atoms with Gasteiger partial charge in [-0.3, -0.25) is 0 Å². The maximum Gasteiger partial charge on any atom is 3.00 e. The summed E-state index contributed by atoms with van der Waals surface area (Å²) in [6, 6.07) is 0. The van der Waals surface area contributed by atoms with Gasteiger partial charge >= 0.3 is 178 Å². The van der Waals surface area contributed by atoms with Crippen LogP contribution in [0.5, 0.6) is 0 Å². The van der Waals surface area contributed by atoms with Crippen molar-refractivity contribution in [2.24, 2.45) is 0 Å². The first-order valence-corrected chi connectivity index (χ1v) is 0. The normalized spacial score (nSPS) is 0. The summed E-state index contributed by atoms with van der Waals surface area (Å²) in [4.78, 5) is 0. The van der Waals surface area contributed by atoms with E-state index in [1.54, 1.807) is 0 Å². The Balaban J connectivity index is 0. The summed E-state index contributed by atoms with van der Waals surface area (Å²) >= 11 is 0. The molecule has 0 aliphatic heterocycles. The zero-order valence-electron chi connectivity index (χ0n) is 2.93. The molecule has 0 saturated heterocycles. The summed E-state index contributed by atoms with van der Waals surface area (Å²) in [5.74, 6) is 0. The van der Waals surface area contributed by atoms with Gasteiger partial charge < -0.3 is 16.4 Å². The minimum absolute atomic E-state index is 0. The summed E-state index contributed by atoms with van der Waals surface area (Å²) < 4.78 is 0. The summed E-state index contributed by atoms with van der Waals surface area (Å²) in [6.45, 7) is 0. The van der Waals surface area contributed by atoms with Crippen molar-refractivity contribution in [3.8, 4) is 0 Å². The third-order valence-corrected chi connectivity index (χ3v) is 0. The van der Waals surface area contributed by atoms with E-state index >= 15 is 0 Å². The van der Waals surface area contributed by atoms with Crippen LogP contribution in [0.3, 0.4) is 0 Å². The van der Waals surface area contributed by atoms with Crippen LogP contribution in [0.15, 0.2) is 0 Å². The number of rotatable bonds is 0. The van der Waals surface area contributed by atoms with Gasteiger partial charge in [-0.1, -0.05) is 0 Å². The van der Waals surface area contributed by atoms with E-state index in [0.717, 1.165) is 0 Å². The Bertz CT molecular complexity index is 17.8. The summed E-state index contributed by atoms with van der Waals surface area (Å²) in [5.41, 5.74) is 0. The maximum absolute atomic E-state index is 0. The Kier molecular flexibility index (Phi) is 405. The topological polar surface area (TPSA) is 85.5 Å². The van der Waals surface area contributed by atoms with E-state index in [1.807, 2.05) is 0 Å². The standard InChI is InChI=1S/2Ba.2Ce.2Gd.3O.4H/q;;;;2*+3;3*-2;;;;. The molecule has 3 nitrogen and oxygen atoms in total. The molecule has 0 unspecified atom stereocenters. The SMILES string of the molecule is [BaH2].[BaH2].[Ce].[Ce].[Gd+3].[Gd+3].[O-2].[O-2].[O-2]. The van der Waals surface area contributed by atoms with Crippen molar-refractivity contribution in [2.45, 2.75) is 0 Å². The van der Waals surface area contributed by atoms with Gasteiger partial charge in [-0.05, 0) is 0 Å². The van der Waals surface area contributed by atoms with Crippen LogP contribution in [0.4, 0.5) is 0 Å². The molecule has 0 rings (SSSR count). The monoisotopic (exact) mass is 923 g/mol. The van der Waals surface area contributed by atoms with Gasteiger partial charge in [-0.25, -0.2) is 0 Å². The molecule has 0 aromatic carbocycles. The fourth-order valence-corrected chi connectivity index (χ4v) is 0. The second-order valence-electron chi connectivity index (χ2n) is 0. The smallest absolute Gasteiger partial charge is 2.00 e. The summed E-state index contributed by atoms with van der Waals surface area (Å²) in [6.07, 6.45) is 0. The third kappa shape index (κ3) is 48.1. The van der Waals surface area contributed by atoms with Gasteiger partial charge in [0.2, 0.25) is 0 Å². The Morgan fingerprint density at radius 1 is 0.444 bits per heavy atom. The quantitative estimate of drug-likeness (QED) is 0.248. The molecule has 0 heterocycles. The molecular formula is H4Ba2Ce2Gd2O3. The fraction of sp³-hybridized carbons (Fsp3) is 0. The van der Waals surface area contributed by atoms with E-state index in [0.29, 0.717) is 0 Å². The molecule has 50 valence electrons. The predicted molar refractivity (Wildman–Crippen MR) is 19.1 cm³/mol. The molecule has 0 aliphatic rings. The maximum atomic E-state index is 0. The summed E-state index contributed by atoms with van der Waals surface area (Å²) in [7, 11) is 0. The van der Waals surface area contributed by atoms with E-state index < -0.39 is 0 Å². The zero-order chi connectivity index (χ0) is 0. The van der Waals surface area contributed by atoms with E-state index in [-0.39, 0.29) is 278 Å². The average Bonchev–Trinajstić information content (AvgIpc) is 0. The first-order valence-electron chi connectivity index (χ1n) is 0. The van der Waals surface area contributed by atoms with Gasteiger partial charge in [0.25, 0.3) is 0 Å². The van der Waals surface area contributed by atoms with Crippen molar-refractivity contribution in [2.75, 3.05) is 0 Å².